The molecule has 0 fully saturated rings. The fourth-order valence-electron chi connectivity index (χ4n) is 1.92. The van der Waals surface area contributed by atoms with E-state index in [1.54, 1.807) is 13.2 Å². The van der Waals surface area contributed by atoms with Crippen molar-refractivity contribution in [1.29, 1.82) is 0 Å². The number of aromatic nitrogens is 1. The quantitative estimate of drug-likeness (QED) is 0.774. The molecule has 1 heterocycles. The minimum Gasteiger partial charge on any atom is -0.486 e. The predicted molar refractivity (Wildman–Crippen MR) is 91.6 cm³/mol. The number of methoxy groups -OCH3 is 1. The monoisotopic (exact) mass is 354 g/mol. The van der Waals surface area contributed by atoms with Gasteiger partial charge in [-0.3, -0.25) is 4.79 Å². The Hall–Kier alpha value is -1.63. The molecule has 2 aromatic rings. The van der Waals surface area contributed by atoms with E-state index < -0.39 is 0 Å². The molecule has 0 radical (unpaired) electrons. The molecule has 0 bridgehead atoms. The van der Waals surface area contributed by atoms with Crippen LogP contribution in [0.15, 0.2) is 18.2 Å². The van der Waals surface area contributed by atoms with E-state index in [9.17, 15) is 4.79 Å². The molecule has 23 heavy (non-hydrogen) atoms. The highest BCUT2D eigenvalue weighted by atomic mass is 35.5. The van der Waals surface area contributed by atoms with Gasteiger partial charge >= 0.3 is 0 Å². The zero-order valence-electron chi connectivity index (χ0n) is 13.3. The van der Waals surface area contributed by atoms with Crippen molar-refractivity contribution in [3.05, 3.63) is 44.4 Å². The number of hydrogen-bond acceptors (Lipinski definition) is 5. The van der Waals surface area contributed by atoms with Crippen LogP contribution in [0.3, 0.4) is 0 Å². The van der Waals surface area contributed by atoms with Crippen LogP contribution in [0, 0.1) is 13.8 Å². The Bertz CT molecular complexity index is 688. The fraction of sp³-hybridized carbons (Fsp3) is 0.375. The van der Waals surface area contributed by atoms with Gasteiger partial charge in [0.25, 0.3) is 5.91 Å². The Balaban J connectivity index is 1.97. The van der Waals surface area contributed by atoms with Crippen molar-refractivity contribution in [2.45, 2.75) is 20.5 Å². The largest absolute Gasteiger partial charge is 0.486 e. The summed E-state index contributed by atoms with van der Waals surface area (Å²) in [6.07, 6.45) is 0. The third-order valence-electron chi connectivity index (χ3n) is 3.13. The summed E-state index contributed by atoms with van der Waals surface area (Å²) in [6, 6.07) is 5.49. The summed E-state index contributed by atoms with van der Waals surface area (Å²) in [6.45, 7) is 5.01. The van der Waals surface area contributed by atoms with E-state index in [-0.39, 0.29) is 5.91 Å². The number of thiazole rings is 1. The van der Waals surface area contributed by atoms with Gasteiger partial charge in [-0.1, -0.05) is 11.6 Å². The van der Waals surface area contributed by atoms with Crippen molar-refractivity contribution < 1.29 is 14.3 Å². The number of aryl methyl sites for hydroxylation is 2. The molecule has 0 aliphatic carbocycles. The first-order valence-electron chi connectivity index (χ1n) is 7.13. The molecule has 1 amide bonds. The number of ether oxygens (including phenoxy) is 2. The second kappa shape index (κ2) is 8.29. The SMILES string of the molecule is COCCNC(=O)c1sc(COc2ccc(Cl)c(C)c2)nc1C. The van der Waals surface area contributed by atoms with E-state index in [0.717, 1.165) is 16.3 Å². The van der Waals surface area contributed by atoms with Crippen LogP contribution in [0.25, 0.3) is 0 Å². The van der Waals surface area contributed by atoms with E-state index in [1.165, 1.54) is 11.3 Å². The Labute approximate surface area is 144 Å². The molecule has 0 aliphatic rings. The van der Waals surface area contributed by atoms with E-state index in [2.05, 4.69) is 10.3 Å². The maximum Gasteiger partial charge on any atom is 0.263 e. The summed E-state index contributed by atoms with van der Waals surface area (Å²) >= 11 is 7.33. The number of carbonyl (C=O) groups excluding carboxylic acids is 1. The first-order valence-corrected chi connectivity index (χ1v) is 8.33. The number of nitrogens with one attached hydrogen (secondary N) is 1. The molecular weight excluding hydrogens is 336 g/mol. The lowest BCUT2D eigenvalue weighted by atomic mass is 10.2. The van der Waals surface area contributed by atoms with E-state index in [4.69, 9.17) is 21.1 Å². The Kier molecular flexibility index (Phi) is 6.38. The van der Waals surface area contributed by atoms with E-state index >= 15 is 0 Å². The Morgan fingerprint density at radius 2 is 2.17 bits per heavy atom. The number of nitrogens with zero attached hydrogens (tertiary/aromatic N) is 1. The van der Waals surface area contributed by atoms with Crippen molar-refractivity contribution in [1.82, 2.24) is 10.3 Å². The van der Waals surface area contributed by atoms with Gasteiger partial charge in [0.05, 0.1) is 12.3 Å². The molecule has 1 aromatic heterocycles. The van der Waals surface area contributed by atoms with Crippen LogP contribution in [0.2, 0.25) is 5.02 Å². The smallest absolute Gasteiger partial charge is 0.263 e. The number of hydrogen-bond donors (Lipinski definition) is 1. The highest BCUT2D eigenvalue weighted by Gasteiger charge is 2.15. The van der Waals surface area contributed by atoms with Gasteiger partial charge < -0.3 is 14.8 Å². The average molecular weight is 355 g/mol. The van der Waals surface area contributed by atoms with Crippen molar-refractivity contribution in [3.8, 4) is 5.75 Å². The number of rotatable bonds is 7. The lowest BCUT2D eigenvalue weighted by Gasteiger charge is -2.05. The molecular formula is C16H19ClN2O3S. The number of amides is 1. The third kappa shape index (κ3) is 4.92. The third-order valence-corrected chi connectivity index (χ3v) is 4.68. The van der Waals surface area contributed by atoms with Gasteiger partial charge in [0, 0.05) is 18.7 Å². The summed E-state index contributed by atoms with van der Waals surface area (Å²) in [5, 5.41) is 4.25. The highest BCUT2D eigenvalue weighted by molar-refractivity contribution is 7.13. The normalized spacial score (nSPS) is 10.6. The standard InChI is InChI=1S/C16H19ClN2O3S/c1-10-8-12(4-5-13(10)17)22-9-14-19-11(2)15(23-14)16(20)18-6-7-21-3/h4-5,8H,6-7,9H2,1-3H3,(H,18,20). The van der Waals surface area contributed by atoms with Gasteiger partial charge in [-0.2, -0.15) is 0 Å². The molecule has 7 heteroatoms. The lowest BCUT2D eigenvalue weighted by Crippen LogP contribution is -2.26. The molecule has 1 aromatic carbocycles. The van der Waals surface area contributed by atoms with E-state index in [0.29, 0.717) is 35.4 Å². The molecule has 124 valence electrons. The van der Waals surface area contributed by atoms with Crippen molar-refractivity contribution >= 4 is 28.8 Å². The summed E-state index contributed by atoms with van der Waals surface area (Å²) in [5.41, 5.74) is 1.66. The van der Waals surface area contributed by atoms with Gasteiger partial charge in [0.1, 0.15) is 22.2 Å². The molecule has 0 atom stereocenters. The molecule has 0 saturated heterocycles. The summed E-state index contributed by atoms with van der Waals surface area (Å²) in [4.78, 5) is 17.1. The van der Waals surface area contributed by atoms with Gasteiger partial charge in [0.2, 0.25) is 0 Å². The molecule has 0 unspecified atom stereocenters. The van der Waals surface area contributed by atoms with Gasteiger partial charge in [-0.25, -0.2) is 4.98 Å². The van der Waals surface area contributed by atoms with E-state index in [1.807, 2.05) is 26.0 Å². The van der Waals surface area contributed by atoms with Gasteiger partial charge in [-0.05, 0) is 37.6 Å². The number of benzene rings is 1. The zero-order valence-corrected chi connectivity index (χ0v) is 14.9. The Morgan fingerprint density at radius 3 is 2.87 bits per heavy atom. The zero-order chi connectivity index (χ0) is 16.8. The molecule has 0 aliphatic heterocycles. The first kappa shape index (κ1) is 17.7. The van der Waals surface area contributed by atoms with Crippen molar-refractivity contribution in [2.75, 3.05) is 20.3 Å². The van der Waals surface area contributed by atoms with Crippen LogP contribution >= 0.6 is 22.9 Å². The summed E-state index contributed by atoms with van der Waals surface area (Å²) in [7, 11) is 1.60. The fourth-order valence-corrected chi connectivity index (χ4v) is 2.94. The molecule has 1 N–H and O–H groups in total. The Morgan fingerprint density at radius 1 is 1.39 bits per heavy atom. The number of carbonyl (C=O) groups is 1. The second-order valence-electron chi connectivity index (χ2n) is 4.97. The molecule has 5 nitrogen and oxygen atoms in total. The maximum atomic E-state index is 12.1. The van der Waals surface area contributed by atoms with Crippen LogP contribution in [0.4, 0.5) is 0 Å². The molecule has 0 saturated carbocycles. The van der Waals surface area contributed by atoms with Crippen molar-refractivity contribution in [2.24, 2.45) is 0 Å². The minimum absolute atomic E-state index is 0.134. The van der Waals surface area contributed by atoms with Gasteiger partial charge in [0.15, 0.2) is 0 Å². The highest BCUT2D eigenvalue weighted by Crippen LogP contribution is 2.23. The van der Waals surface area contributed by atoms with Crippen LogP contribution in [0.1, 0.15) is 25.9 Å². The average Bonchev–Trinajstić information content (AvgIpc) is 2.90. The van der Waals surface area contributed by atoms with Crippen LogP contribution < -0.4 is 10.1 Å². The lowest BCUT2D eigenvalue weighted by molar-refractivity contribution is 0.0940. The predicted octanol–water partition coefficient (Wildman–Crippen LogP) is 3.37. The maximum absolute atomic E-state index is 12.1. The van der Waals surface area contributed by atoms with Crippen molar-refractivity contribution in [3.63, 3.8) is 0 Å². The van der Waals surface area contributed by atoms with Crippen LogP contribution in [-0.4, -0.2) is 31.2 Å². The van der Waals surface area contributed by atoms with Crippen LogP contribution in [0.5, 0.6) is 5.75 Å². The van der Waals surface area contributed by atoms with Crippen LogP contribution in [-0.2, 0) is 11.3 Å². The topological polar surface area (TPSA) is 60.5 Å². The summed E-state index contributed by atoms with van der Waals surface area (Å²) < 4.78 is 10.6. The number of halogens is 1. The molecule has 0 spiro atoms. The first-order chi connectivity index (χ1) is 11.0. The molecule has 2 rings (SSSR count). The minimum atomic E-state index is -0.134. The second-order valence-corrected chi connectivity index (χ2v) is 6.46. The summed E-state index contributed by atoms with van der Waals surface area (Å²) in [5.74, 6) is 0.594. The van der Waals surface area contributed by atoms with Gasteiger partial charge in [-0.15, -0.1) is 11.3 Å².